The summed E-state index contributed by atoms with van der Waals surface area (Å²) in [6, 6.07) is 4.83. The highest BCUT2D eigenvalue weighted by Crippen LogP contribution is 2.29. The molecule has 5 nitrogen and oxygen atoms in total. The molecule has 0 aliphatic carbocycles. The number of benzene rings is 1. The number of sulfonamides is 1. The third-order valence-corrected chi connectivity index (χ3v) is 3.53. The lowest BCUT2D eigenvalue weighted by Crippen LogP contribution is -2.28. The number of rotatable bonds is 0. The molecule has 74 valence electrons. The molecule has 0 bridgehead atoms. The minimum atomic E-state index is -3.64. The minimum Gasteiger partial charge on any atom is -0.369 e. The van der Waals surface area contributed by atoms with Gasteiger partial charge in [0.2, 0.25) is 5.96 Å². The number of hydrogen-bond acceptors (Lipinski definition) is 4. The number of hydrogen-bond donors (Lipinski definition) is 2. The van der Waals surface area contributed by atoms with Crippen molar-refractivity contribution in [1.82, 2.24) is 0 Å². The van der Waals surface area contributed by atoms with Gasteiger partial charge in [0, 0.05) is 4.47 Å². The molecule has 2 rings (SSSR count). The van der Waals surface area contributed by atoms with E-state index in [1.54, 1.807) is 12.1 Å². The van der Waals surface area contributed by atoms with Crippen LogP contribution in [0.4, 0.5) is 5.69 Å². The molecule has 3 N–H and O–H groups in total. The van der Waals surface area contributed by atoms with Crippen LogP contribution in [0.2, 0.25) is 0 Å². The average molecular weight is 276 g/mol. The number of nitrogens with one attached hydrogen (secondary N) is 1. The van der Waals surface area contributed by atoms with Crippen LogP contribution in [0.15, 0.2) is 32.0 Å². The van der Waals surface area contributed by atoms with Crippen molar-refractivity contribution >= 4 is 37.6 Å². The molecular formula is C7H6BrN3O2S. The van der Waals surface area contributed by atoms with E-state index in [1.165, 1.54) is 6.07 Å². The van der Waals surface area contributed by atoms with Crippen molar-refractivity contribution in [2.45, 2.75) is 4.90 Å². The maximum Gasteiger partial charge on any atom is 0.287 e. The van der Waals surface area contributed by atoms with Gasteiger partial charge in [0.25, 0.3) is 10.0 Å². The van der Waals surface area contributed by atoms with Gasteiger partial charge in [0.1, 0.15) is 4.90 Å². The molecule has 1 aliphatic heterocycles. The van der Waals surface area contributed by atoms with Crippen molar-refractivity contribution < 1.29 is 8.42 Å². The van der Waals surface area contributed by atoms with Crippen molar-refractivity contribution in [3.63, 3.8) is 0 Å². The Hall–Kier alpha value is -1.08. The second kappa shape index (κ2) is 2.96. The van der Waals surface area contributed by atoms with Gasteiger partial charge >= 0.3 is 0 Å². The molecule has 0 fully saturated rings. The van der Waals surface area contributed by atoms with Crippen LogP contribution in [0.3, 0.4) is 0 Å². The second-order valence-electron chi connectivity index (χ2n) is 2.72. The van der Waals surface area contributed by atoms with Gasteiger partial charge in [0.15, 0.2) is 0 Å². The molecule has 0 aromatic heterocycles. The maximum absolute atomic E-state index is 11.5. The van der Waals surface area contributed by atoms with Gasteiger partial charge in [-0.1, -0.05) is 15.9 Å². The summed E-state index contributed by atoms with van der Waals surface area (Å²) >= 11 is 3.19. The van der Waals surface area contributed by atoms with Gasteiger partial charge < -0.3 is 11.1 Å². The summed E-state index contributed by atoms with van der Waals surface area (Å²) in [4.78, 5) is 0.126. The highest BCUT2D eigenvalue weighted by molar-refractivity contribution is 9.10. The van der Waals surface area contributed by atoms with E-state index in [9.17, 15) is 8.42 Å². The minimum absolute atomic E-state index is 0.111. The topological polar surface area (TPSA) is 84.5 Å². The van der Waals surface area contributed by atoms with Gasteiger partial charge in [-0.05, 0) is 18.2 Å². The van der Waals surface area contributed by atoms with Crippen LogP contribution in [0.25, 0.3) is 0 Å². The van der Waals surface area contributed by atoms with E-state index in [1.807, 2.05) is 0 Å². The number of nitrogens with zero attached hydrogens (tertiary/aromatic N) is 1. The van der Waals surface area contributed by atoms with E-state index in [0.717, 1.165) is 0 Å². The molecule has 0 saturated heterocycles. The Labute approximate surface area is 89.2 Å². The average Bonchev–Trinajstić information content (AvgIpc) is 2.05. The normalized spacial score (nSPS) is 17.9. The lowest BCUT2D eigenvalue weighted by molar-refractivity contribution is 0.597. The molecule has 0 atom stereocenters. The summed E-state index contributed by atoms with van der Waals surface area (Å²) in [5.41, 5.74) is 5.76. The molecule has 1 heterocycles. The predicted octanol–water partition coefficient (Wildman–Crippen LogP) is 0.878. The summed E-state index contributed by atoms with van der Waals surface area (Å²) in [7, 11) is -3.64. The molecule has 1 aliphatic rings. The second-order valence-corrected chi connectivity index (χ2v) is 5.21. The summed E-state index contributed by atoms with van der Waals surface area (Å²) in [6.45, 7) is 0. The van der Waals surface area contributed by atoms with E-state index in [-0.39, 0.29) is 10.9 Å². The molecule has 0 saturated carbocycles. The van der Waals surface area contributed by atoms with Crippen LogP contribution in [0.5, 0.6) is 0 Å². The van der Waals surface area contributed by atoms with Crippen molar-refractivity contribution in [1.29, 1.82) is 0 Å². The fourth-order valence-electron chi connectivity index (χ4n) is 1.15. The third kappa shape index (κ3) is 1.48. The van der Waals surface area contributed by atoms with E-state index in [2.05, 4.69) is 25.6 Å². The third-order valence-electron chi connectivity index (χ3n) is 1.70. The Morgan fingerprint density at radius 1 is 1.43 bits per heavy atom. The van der Waals surface area contributed by atoms with Crippen molar-refractivity contribution in [3.8, 4) is 0 Å². The van der Waals surface area contributed by atoms with Crippen LogP contribution in [-0.4, -0.2) is 14.4 Å². The summed E-state index contributed by atoms with van der Waals surface area (Å²) in [5, 5.41) is 2.67. The zero-order valence-electron chi connectivity index (χ0n) is 6.86. The molecule has 0 spiro atoms. The largest absolute Gasteiger partial charge is 0.369 e. The number of anilines is 1. The Kier molecular flexibility index (Phi) is 2.00. The van der Waals surface area contributed by atoms with Gasteiger partial charge in [-0.3, -0.25) is 0 Å². The van der Waals surface area contributed by atoms with E-state index in [0.29, 0.717) is 10.2 Å². The SMILES string of the molecule is NC1=NS(=O)(=O)c2cc(Br)ccc2N1. The standard InChI is InChI=1S/C7H6BrN3O2S/c8-4-1-2-5-6(3-4)14(12,13)11-7(9)10-5/h1-3H,(H3,9,10,11). The summed E-state index contributed by atoms with van der Waals surface area (Å²) < 4.78 is 27.0. The van der Waals surface area contributed by atoms with E-state index in [4.69, 9.17) is 5.73 Å². The van der Waals surface area contributed by atoms with Crippen LogP contribution >= 0.6 is 15.9 Å². The fraction of sp³-hybridized carbons (Fsp3) is 0. The molecule has 14 heavy (non-hydrogen) atoms. The van der Waals surface area contributed by atoms with Crippen LogP contribution < -0.4 is 11.1 Å². The quantitative estimate of drug-likeness (QED) is 0.736. The predicted molar refractivity (Wildman–Crippen MR) is 56.6 cm³/mol. The number of nitrogens with two attached hydrogens (primary N) is 1. The van der Waals surface area contributed by atoms with Gasteiger partial charge in [-0.15, -0.1) is 4.40 Å². The van der Waals surface area contributed by atoms with Gasteiger partial charge in [0.05, 0.1) is 5.69 Å². The first-order valence-corrected chi connectivity index (χ1v) is 5.89. The first kappa shape index (κ1) is 9.47. The van der Waals surface area contributed by atoms with Gasteiger partial charge in [-0.25, -0.2) is 0 Å². The highest BCUT2D eigenvalue weighted by atomic mass is 79.9. The zero-order chi connectivity index (χ0) is 10.3. The number of fused-ring (bicyclic) bond motifs is 1. The highest BCUT2D eigenvalue weighted by Gasteiger charge is 2.23. The van der Waals surface area contributed by atoms with Crippen molar-refractivity contribution in [2.75, 3.05) is 5.32 Å². The molecule has 1 aromatic carbocycles. The lowest BCUT2D eigenvalue weighted by Gasteiger charge is -2.15. The first-order chi connectivity index (χ1) is 6.49. The monoisotopic (exact) mass is 275 g/mol. The molecule has 1 aromatic rings. The van der Waals surface area contributed by atoms with Gasteiger partial charge in [-0.2, -0.15) is 8.42 Å². The fourth-order valence-corrected chi connectivity index (χ4v) is 2.74. The Bertz CT molecular complexity index is 524. The van der Waals surface area contributed by atoms with Crippen LogP contribution in [0.1, 0.15) is 0 Å². The Morgan fingerprint density at radius 3 is 2.86 bits per heavy atom. The Morgan fingerprint density at radius 2 is 2.14 bits per heavy atom. The molecule has 0 unspecified atom stereocenters. The summed E-state index contributed by atoms with van der Waals surface area (Å²) in [6.07, 6.45) is 0. The first-order valence-electron chi connectivity index (χ1n) is 3.66. The van der Waals surface area contributed by atoms with E-state index < -0.39 is 10.0 Å². The molecule has 0 amide bonds. The van der Waals surface area contributed by atoms with E-state index >= 15 is 0 Å². The smallest absolute Gasteiger partial charge is 0.287 e. The zero-order valence-corrected chi connectivity index (χ0v) is 9.26. The number of guanidine groups is 1. The van der Waals surface area contributed by atoms with Crippen molar-refractivity contribution in [2.24, 2.45) is 10.1 Å². The number of halogens is 1. The molecule has 0 radical (unpaired) electrons. The Balaban J connectivity index is 2.73. The lowest BCUT2D eigenvalue weighted by atomic mass is 10.3. The molecule has 7 heteroatoms. The maximum atomic E-state index is 11.5. The molecular weight excluding hydrogens is 270 g/mol. The summed E-state index contributed by atoms with van der Waals surface area (Å²) in [5.74, 6) is -0.111. The van der Waals surface area contributed by atoms with Crippen molar-refractivity contribution in [3.05, 3.63) is 22.7 Å². The van der Waals surface area contributed by atoms with Crippen LogP contribution in [0, 0.1) is 0 Å². The van der Waals surface area contributed by atoms with Crippen LogP contribution in [-0.2, 0) is 10.0 Å².